The summed E-state index contributed by atoms with van der Waals surface area (Å²) in [6.07, 6.45) is 2.00. The van der Waals surface area contributed by atoms with Gasteiger partial charge in [0.15, 0.2) is 5.79 Å². The number of aliphatic hydroxyl groups is 2. The van der Waals surface area contributed by atoms with E-state index in [1.54, 1.807) is 13.0 Å². The van der Waals surface area contributed by atoms with Crippen molar-refractivity contribution < 1.29 is 10.2 Å². The van der Waals surface area contributed by atoms with Gasteiger partial charge < -0.3 is 10.2 Å². The third-order valence-electron chi connectivity index (χ3n) is 1.85. The summed E-state index contributed by atoms with van der Waals surface area (Å²) >= 11 is 0. The Labute approximate surface area is 48.5 Å². The second-order valence-corrected chi connectivity index (χ2v) is 2.61. The first kappa shape index (κ1) is 5.79. The predicted octanol–water partition coefficient (Wildman–Crippen LogP) is 0.263. The van der Waals surface area contributed by atoms with Crippen LogP contribution in [-0.2, 0) is 0 Å². The van der Waals surface area contributed by atoms with Gasteiger partial charge in [-0.3, -0.25) is 0 Å². The van der Waals surface area contributed by atoms with Gasteiger partial charge in [0.25, 0.3) is 0 Å². The fourth-order valence-corrected chi connectivity index (χ4v) is 0.704. The zero-order valence-electron chi connectivity index (χ0n) is 4.89. The van der Waals surface area contributed by atoms with Crippen LogP contribution >= 0.6 is 0 Å². The average Bonchev–Trinajstić information content (AvgIpc) is 2.10. The minimum absolute atomic E-state index is 0.420. The van der Waals surface area contributed by atoms with Gasteiger partial charge in [-0.15, -0.1) is 6.58 Å². The van der Waals surface area contributed by atoms with E-state index in [0.29, 0.717) is 6.42 Å². The van der Waals surface area contributed by atoms with E-state index in [1.807, 2.05) is 0 Å². The fourth-order valence-electron chi connectivity index (χ4n) is 0.704. The lowest BCUT2D eigenvalue weighted by atomic mass is 10.1. The summed E-state index contributed by atoms with van der Waals surface area (Å²) in [6.45, 7) is 5.23. The van der Waals surface area contributed by atoms with E-state index in [0.717, 1.165) is 0 Å². The van der Waals surface area contributed by atoms with Gasteiger partial charge in [0, 0.05) is 11.8 Å². The lowest BCUT2D eigenvalue weighted by Gasteiger charge is -2.04. The van der Waals surface area contributed by atoms with Crippen molar-refractivity contribution in [1.29, 1.82) is 0 Å². The molecule has 1 atom stereocenters. The SMILES string of the molecule is C=CC1(C)CC1(O)O. The first-order valence-electron chi connectivity index (χ1n) is 2.60. The Morgan fingerprint density at radius 3 is 2.00 bits per heavy atom. The lowest BCUT2D eigenvalue weighted by molar-refractivity contribution is -0.0919. The van der Waals surface area contributed by atoms with Gasteiger partial charge in [-0.25, -0.2) is 0 Å². The number of rotatable bonds is 1. The maximum atomic E-state index is 8.84. The average molecular weight is 114 g/mol. The molecule has 0 aromatic rings. The van der Waals surface area contributed by atoms with E-state index in [9.17, 15) is 0 Å². The minimum Gasteiger partial charge on any atom is -0.365 e. The Balaban J connectivity index is 2.68. The molecule has 0 aliphatic heterocycles. The molecule has 8 heavy (non-hydrogen) atoms. The van der Waals surface area contributed by atoms with Crippen molar-refractivity contribution in [3.63, 3.8) is 0 Å². The van der Waals surface area contributed by atoms with E-state index >= 15 is 0 Å². The maximum absolute atomic E-state index is 8.84. The fraction of sp³-hybridized carbons (Fsp3) is 0.667. The molecule has 2 nitrogen and oxygen atoms in total. The Kier molecular flexibility index (Phi) is 0.828. The molecule has 0 bridgehead atoms. The Morgan fingerprint density at radius 2 is 2.00 bits per heavy atom. The summed E-state index contributed by atoms with van der Waals surface area (Å²) in [5, 5.41) is 17.7. The van der Waals surface area contributed by atoms with Gasteiger partial charge in [-0.1, -0.05) is 13.0 Å². The number of hydrogen-bond donors (Lipinski definition) is 2. The molecule has 0 aromatic heterocycles. The molecular weight excluding hydrogens is 104 g/mol. The molecule has 2 N–H and O–H groups in total. The van der Waals surface area contributed by atoms with E-state index < -0.39 is 11.2 Å². The smallest absolute Gasteiger partial charge is 0.172 e. The molecular formula is C6H10O2. The molecule has 0 amide bonds. The van der Waals surface area contributed by atoms with Crippen LogP contribution < -0.4 is 0 Å². The maximum Gasteiger partial charge on any atom is 0.172 e. The van der Waals surface area contributed by atoms with Gasteiger partial charge in [-0.05, 0) is 0 Å². The van der Waals surface area contributed by atoms with Crippen LogP contribution in [0.25, 0.3) is 0 Å². The molecule has 0 aromatic carbocycles. The van der Waals surface area contributed by atoms with Crippen LogP contribution in [0, 0.1) is 5.41 Å². The first-order chi connectivity index (χ1) is 3.52. The molecule has 46 valence electrons. The summed E-state index contributed by atoms with van der Waals surface area (Å²) in [4.78, 5) is 0. The standard InChI is InChI=1S/C6H10O2/c1-3-5(2)4-6(5,7)8/h3,7-8H,1,4H2,2H3. The van der Waals surface area contributed by atoms with E-state index in [-0.39, 0.29) is 0 Å². The van der Waals surface area contributed by atoms with Gasteiger partial charge in [0.1, 0.15) is 0 Å². The lowest BCUT2D eigenvalue weighted by Crippen LogP contribution is -2.13. The van der Waals surface area contributed by atoms with Crippen molar-refractivity contribution in [2.45, 2.75) is 19.1 Å². The van der Waals surface area contributed by atoms with Gasteiger partial charge >= 0.3 is 0 Å². The largest absolute Gasteiger partial charge is 0.365 e. The van der Waals surface area contributed by atoms with Crippen molar-refractivity contribution in [3.8, 4) is 0 Å². The van der Waals surface area contributed by atoms with Crippen LogP contribution in [0.4, 0.5) is 0 Å². The highest BCUT2D eigenvalue weighted by Gasteiger charge is 2.61. The van der Waals surface area contributed by atoms with Gasteiger partial charge in [0.05, 0.1) is 0 Å². The summed E-state index contributed by atoms with van der Waals surface area (Å²) in [5.74, 6) is -1.46. The summed E-state index contributed by atoms with van der Waals surface area (Å²) in [6, 6.07) is 0. The van der Waals surface area contributed by atoms with Gasteiger partial charge in [0.2, 0.25) is 0 Å². The Bertz CT molecular complexity index is 128. The van der Waals surface area contributed by atoms with Crippen molar-refractivity contribution >= 4 is 0 Å². The zero-order chi connectivity index (χ0) is 6.41. The molecule has 2 heteroatoms. The minimum atomic E-state index is -1.46. The third kappa shape index (κ3) is 0.501. The normalized spacial score (nSPS) is 41.4. The van der Waals surface area contributed by atoms with E-state index in [2.05, 4.69) is 6.58 Å². The van der Waals surface area contributed by atoms with Crippen LogP contribution in [0.15, 0.2) is 12.7 Å². The second kappa shape index (κ2) is 1.14. The molecule has 0 saturated heterocycles. The van der Waals surface area contributed by atoms with Crippen molar-refractivity contribution in [3.05, 3.63) is 12.7 Å². The molecule has 1 saturated carbocycles. The summed E-state index contributed by atoms with van der Waals surface area (Å²) in [5.41, 5.74) is -0.438. The van der Waals surface area contributed by atoms with Crippen LogP contribution in [0.2, 0.25) is 0 Å². The van der Waals surface area contributed by atoms with Gasteiger partial charge in [-0.2, -0.15) is 0 Å². The molecule has 0 radical (unpaired) electrons. The van der Waals surface area contributed by atoms with Crippen LogP contribution in [0.5, 0.6) is 0 Å². The highest BCUT2D eigenvalue weighted by Crippen LogP contribution is 2.54. The van der Waals surface area contributed by atoms with E-state index in [1.165, 1.54) is 0 Å². The Morgan fingerprint density at radius 1 is 1.62 bits per heavy atom. The predicted molar refractivity (Wildman–Crippen MR) is 30.1 cm³/mol. The third-order valence-corrected chi connectivity index (χ3v) is 1.85. The molecule has 1 rings (SSSR count). The van der Waals surface area contributed by atoms with Crippen molar-refractivity contribution in [2.75, 3.05) is 0 Å². The molecule has 0 heterocycles. The van der Waals surface area contributed by atoms with E-state index in [4.69, 9.17) is 10.2 Å². The van der Waals surface area contributed by atoms with Crippen molar-refractivity contribution in [1.82, 2.24) is 0 Å². The molecule has 1 aliphatic rings. The highest BCUT2D eigenvalue weighted by atomic mass is 16.5. The topological polar surface area (TPSA) is 40.5 Å². The summed E-state index contributed by atoms with van der Waals surface area (Å²) < 4.78 is 0. The highest BCUT2D eigenvalue weighted by molar-refractivity contribution is 5.15. The number of hydrogen-bond acceptors (Lipinski definition) is 2. The molecule has 1 fully saturated rings. The Hall–Kier alpha value is -0.340. The second-order valence-electron chi connectivity index (χ2n) is 2.61. The van der Waals surface area contributed by atoms with Crippen LogP contribution in [0.1, 0.15) is 13.3 Å². The molecule has 1 unspecified atom stereocenters. The zero-order valence-corrected chi connectivity index (χ0v) is 4.89. The molecule has 1 aliphatic carbocycles. The monoisotopic (exact) mass is 114 g/mol. The molecule has 0 spiro atoms. The quantitative estimate of drug-likeness (QED) is 0.379. The summed E-state index contributed by atoms with van der Waals surface area (Å²) in [7, 11) is 0. The van der Waals surface area contributed by atoms with Crippen LogP contribution in [0.3, 0.4) is 0 Å². The van der Waals surface area contributed by atoms with Crippen molar-refractivity contribution in [2.24, 2.45) is 5.41 Å². The van der Waals surface area contributed by atoms with Crippen LogP contribution in [-0.4, -0.2) is 16.0 Å². The first-order valence-corrected chi connectivity index (χ1v) is 2.60.